The Hall–Kier alpha value is -1.77. The Labute approximate surface area is 126 Å². The molecule has 0 saturated heterocycles. The molecule has 0 saturated carbocycles. The Morgan fingerprint density at radius 2 is 1.76 bits per heavy atom. The highest BCUT2D eigenvalue weighted by Crippen LogP contribution is 2.33. The van der Waals surface area contributed by atoms with Crippen molar-refractivity contribution in [1.82, 2.24) is 5.32 Å². The van der Waals surface area contributed by atoms with Crippen molar-refractivity contribution < 1.29 is 27.9 Å². The number of nitrogens with one attached hydrogen (secondary N) is 2. The molecule has 0 aliphatic carbocycles. The highest BCUT2D eigenvalue weighted by atomic mass is 79.9. The van der Waals surface area contributed by atoms with E-state index in [1.54, 1.807) is 0 Å². The molecule has 9 heteroatoms. The molecule has 0 fully saturated rings. The molecule has 0 spiro atoms. The Kier molecular flexibility index (Phi) is 4.87. The number of halogens is 4. The molecule has 5 nitrogen and oxygen atoms in total. The third kappa shape index (κ3) is 4.92. The predicted octanol–water partition coefficient (Wildman–Crippen LogP) is 3.45. The molecule has 1 aromatic carbocycles. The molecule has 21 heavy (non-hydrogen) atoms. The zero-order valence-electron chi connectivity index (χ0n) is 11.0. The van der Waals surface area contributed by atoms with E-state index in [-0.39, 0.29) is 10.2 Å². The molecule has 1 aromatic rings. The Morgan fingerprint density at radius 3 is 2.24 bits per heavy atom. The van der Waals surface area contributed by atoms with E-state index in [0.717, 1.165) is 12.1 Å². The van der Waals surface area contributed by atoms with Gasteiger partial charge in [0.05, 0.1) is 5.56 Å². The molecule has 0 unspecified atom stereocenters. The third-order valence-electron chi connectivity index (χ3n) is 2.44. The van der Waals surface area contributed by atoms with E-state index in [2.05, 4.69) is 26.6 Å². The number of alkyl halides is 3. The fraction of sp³-hybridized carbons (Fsp3) is 0.333. The Morgan fingerprint density at radius 1 is 1.19 bits per heavy atom. The van der Waals surface area contributed by atoms with Crippen LogP contribution in [0.25, 0.3) is 0 Å². The first-order chi connectivity index (χ1) is 9.41. The number of carboxylic acids is 1. The second-order valence-electron chi connectivity index (χ2n) is 4.74. The van der Waals surface area contributed by atoms with Crippen LogP contribution in [0.3, 0.4) is 0 Å². The average Bonchev–Trinajstić information content (AvgIpc) is 2.25. The van der Waals surface area contributed by atoms with Crippen LogP contribution >= 0.6 is 15.9 Å². The molecule has 0 aliphatic heterocycles. The molecule has 0 heterocycles. The summed E-state index contributed by atoms with van der Waals surface area (Å²) in [6.07, 6.45) is -4.56. The SMILES string of the molecule is CC(C)(NC(=O)Nc1cc(Br)cc(C(F)(F)F)c1)C(=O)O. The number of aliphatic carboxylic acids is 1. The van der Waals surface area contributed by atoms with Crippen LogP contribution in [0.15, 0.2) is 22.7 Å². The van der Waals surface area contributed by atoms with Crippen molar-refractivity contribution in [2.24, 2.45) is 0 Å². The van der Waals surface area contributed by atoms with Gasteiger partial charge in [-0.05, 0) is 32.0 Å². The standard InChI is InChI=1S/C12H12BrF3N2O3/c1-11(2,9(19)20)18-10(21)17-8-4-6(12(14,15)16)3-7(13)5-8/h3-5H,1-2H3,(H,19,20)(H2,17,18,21). The summed E-state index contributed by atoms with van der Waals surface area (Å²) in [7, 11) is 0. The van der Waals surface area contributed by atoms with E-state index in [0.29, 0.717) is 0 Å². The smallest absolute Gasteiger partial charge is 0.416 e. The van der Waals surface area contributed by atoms with E-state index in [1.165, 1.54) is 19.9 Å². The van der Waals surface area contributed by atoms with Crippen LogP contribution in [0.2, 0.25) is 0 Å². The van der Waals surface area contributed by atoms with Gasteiger partial charge < -0.3 is 15.7 Å². The van der Waals surface area contributed by atoms with Crippen LogP contribution in [-0.4, -0.2) is 22.6 Å². The van der Waals surface area contributed by atoms with Gasteiger partial charge in [-0.1, -0.05) is 15.9 Å². The van der Waals surface area contributed by atoms with E-state index in [1.807, 2.05) is 0 Å². The second-order valence-corrected chi connectivity index (χ2v) is 5.65. The van der Waals surface area contributed by atoms with Crippen LogP contribution in [-0.2, 0) is 11.0 Å². The lowest BCUT2D eigenvalue weighted by molar-refractivity contribution is -0.143. The topological polar surface area (TPSA) is 78.4 Å². The number of amides is 2. The van der Waals surface area contributed by atoms with Gasteiger partial charge in [0.25, 0.3) is 0 Å². The number of hydrogen-bond acceptors (Lipinski definition) is 2. The Bertz CT molecular complexity index is 573. The van der Waals surface area contributed by atoms with Gasteiger partial charge in [-0.25, -0.2) is 9.59 Å². The largest absolute Gasteiger partial charge is 0.480 e. The van der Waals surface area contributed by atoms with E-state index < -0.39 is 29.3 Å². The number of benzene rings is 1. The summed E-state index contributed by atoms with van der Waals surface area (Å²) in [6, 6.07) is 1.96. The molecule has 0 radical (unpaired) electrons. The quantitative estimate of drug-likeness (QED) is 0.764. The summed E-state index contributed by atoms with van der Waals surface area (Å²) in [5, 5.41) is 13.2. The lowest BCUT2D eigenvalue weighted by Gasteiger charge is -2.21. The minimum Gasteiger partial charge on any atom is -0.480 e. The maximum Gasteiger partial charge on any atom is 0.416 e. The van der Waals surface area contributed by atoms with E-state index >= 15 is 0 Å². The molecule has 0 aromatic heterocycles. The van der Waals surface area contributed by atoms with Crippen molar-refractivity contribution in [2.45, 2.75) is 25.6 Å². The van der Waals surface area contributed by atoms with Gasteiger partial charge in [0, 0.05) is 10.2 Å². The number of rotatable bonds is 3. The van der Waals surface area contributed by atoms with Crippen molar-refractivity contribution in [3.05, 3.63) is 28.2 Å². The highest BCUT2D eigenvalue weighted by Gasteiger charge is 2.32. The number of hydrogen-bond donors (Lipinski definition) is 3. The lowest BCUT2D eigenvalue weighted by Crippen LogP contribution is -2.51. The third-order valence-corrected chi connectivity index (χ3v) is 2.90. The average molecular weight is 369 g/mol. The zero-order valence-corrected chi connectivity index (χ0v) is 12.6. The fourth-order valence-corrected chi connectivity index (χ4v) is 1.82. The number of carbonyl (C=O) groups excluding carboxylic acids is 1. The van der Waals surface area contributed by atoms with E-state index in [4.69, 9.17) is 5.11 Å². The van der Waals surface area contributed by atoms with Crippen molar-refractivity contribution in [3.63, 3.8) is 0 Å². The van der Waals surface area contributed by atoms with Gasteiger partial charge >= 0.3 is 18.2 Å². The van der Waals surface area contributed by atoms with Gasteiger partial charge in [-0.3, -0.25) is 0 Å². The van der Waals surface area contributed by atoms with Crippen LogP contribution < -0.4 is 10.6 Å². The monoisotopic (exact) mass is 368 g/mol. The summed E-state index contributed by atoms with van der Waals surface area (Å²) in [5.74, 6) is -1.28. The Balaban J connectivity index is 2.91. The maximum absolute atomic E-state index is 12.6. The predicted molar refractivity (Wildman–Crippen MR) is 73.0 cm³/mol. The van der Waals surface area contributed by atoms with Crippen molar-refractivity contribution in [3.8, 4) is 0 Å². The van der Waals surface area contributed by atoms with Gasteiger partial charge in [0.2, 0.25) is 0 Å². The molecule has 1 rings (SSSR count). The van der Waals surface area contributed by atoms with Gasteiger partial charge in [0.15, 0.2) is 0 Å². The number of carboxylic acid groups (broad SMARTS) is 1. The van der Waals surface area contributed by atoms with Gasteiger partial charge in [0.1, 0.15) is 5.54 Å². The molecule has 116 valence electrons. The molecule has 2 amide bonds. The lowest BCUT2D eigenvalue weighted by atomic mass is 10.1. The van der Waals surface area contributed by atoms with Gasteiger partial charge in [-0.15, -0.1) is 0 Å². The molecule has 0 atom stereocenters. The second kappa shape index (κ2) is 5.92. The highest BCUT2D eigenvalue weighted by molar-refractivity contribution is 9.10. The van der Waals surface area contributed by atoms with Crippen LogP contribution in [0.1, 0.15) is 19.4 Å². The molecular weight excluding hydrogens is 357 g/mol. The molecular formula is C12H12BrF3N2O3. The molecule has 0 bridgehead atoms. The normalized spacial score (nSPS) is 11.9. The minimum absolute atomic E-state index is 0.115. The summed E-state index contributed by atoms with van der Waals surface area (Å²) >= 11 is 2.91. The van der Waals surface area contributed by atoms with Crippen LogP contribution in [0.5, 0.6) is 0 Å². The first kappa shape index (κ1) is 17.3. The zero-order chi connectivity index (χ0) is 16.4. The van der Waals surface area contributed by atoms with Crippen LogP contribution in [0, 0.1) is 0 Å². The van der Waals surface area contributed by atoms with Crippen molar-refractivity contribution >= 4 is 33.6 Å². The summed E-state index contributed by atoms with van der Waals surface area (Å²) < 4.78 is 38.0. The summed E-state index contributed by atoms with van der Waals surface area (Å²) in [5.41, 5.74) is -2.61. The number of anilines is 1. The van der Waals surface area contributed by atoms with E-state index in [9.17, 15) is 22.8 Å². The fourth-order valence-electron chi connectivity index (χ4n) is 1.33. The first-order valence-corrected chi connectivity index (χ1v) is 6.41. The molecule has 0 aliphatic rings. The van der Waals surface area contributed by atoms with Gasteiger partial charge in [-0.2, -0.15) is 13.2 Å². The molecule has 3 N–H and O–H groups in total. The maximum atomic E-state index is 12.6. The number of carbonyl (C=O) groups is 2. The summed E-state index contributed by atoms with van der Waals surface area (Å²) in [4.78, 5) is 22.5. The van der Waals surface area contributed by atoms with Crippen LogP contribution in [0.4, 0.5) is 23.7 Å². The first-order valence-electron chi connectivity index (χ1n) is 5.62. The number of urea groups is 1. The summed E-state index contributed by atoms with van der Waals surface area (Å²) in [6.45, 7) is 2.49. The minimum atomic E-state index is -4.56. The van der Waals surface area contributed by atoms with Crippen molar-refractivity contribution in [1.29, 1.82) is 0 Å². The van der Waals surface area contributed by atoms with Crippen molar-refractivity contribution in [2.75, 3.05) is 5.32 Å².